The van der Waals surface area contributed by atoms with Crippen molar-refractivity contribution in [1.29, 1.82) is 5.26 Å². The summed E-state index contributed by atoms with van der Waals surface area (Å²) in [6.45, 7) is 2.44. The van der Waals surface area contributed by atoms with Crippen LogP contribution in [0.3, 0.4) is 0 Å². The Balaban J connectivity index is 1.57. The Kier molecular flexibility index (Phi) is 5.61. The van der Waals surface area contributed by atoms with Crippen LogP contribution in [0.25, 0.3) is 11.1 Å². The number of aromatic nitrogens is 2. The predicted octanol–water partition coefficient (Wildman–Crippen LogP) is 2.41. The van der Waals surface area contributed by atoms with Crippen molar-refractivity contribution in [3.8, 4) is 23.1 Å². The van der Waals surface area contributed by atoms with Crippen LogP contribution >= 0.6 is 0 Å². The zero-order chi connectivity index (χ0) is 20.1. The Morgan fingerprint density at radius 2 is 1.71 bits per heavy atom. The topological polar surface area (TPSA) is 122 Å². The van der Waals surface area contributed by atoms with Gasteiger partial charge in [-0.25, -0.2) is 4.79 Å². The second-order valence-electron chi connectivity index (χ2n) is 6.60. The summed E-state index contributed by atoms with van der Waals surface area (Å²) in [6, 6.07) is 17.6. The number of carbonyl (C=O) groups excluding carboxylic acids is 1. The molecule has 1 heterocycles. The van der Waals surface area contributed by atoms with E-state index in [4.69, 9.17) is 5.26 Å². The highest BCUT2D eigenvalue weighted by molar-refractivity contribution is 5.78. The molecule has 3 rings (SSSR count). The van der Waals surface area contributed by atoms with Crippen LogP contribution in [0, 0.1) is 11.3 Å². The van der Waals surface area contributed by atoms with Gasteiger partial charge in [-0.2, -0.15) is 5.26 Å². The van der Waals surface area contributed by atoms with E-state index in [2.05, 4.69) is 21.4 Å². The van der Waals surface area contributed by atoms with E-state index in [1.54, 1.807) is 12.1 Å². The maximum Gasteiger partial charge on any atom is 0.325 e. The average molecular weight is 376 g/mol. The summed E-state index contributed by atoms with van der Waals surface area (Å²) in [5.41, 5.74) is 3.42. The fraction of sp³-hybridized carbons (Fsp3) is 0.190. The maximum atomic E-state index is 12.0. The van der Waals surface area contributed by atoms with E-state index in [0.29, 0.717) is 12.1 Å². The Morgan fingerprint density at radius 3 is 2.25 bits per heavy atom. The molecule has 1 unspecified atom stereocenters. The summed E-state index contributed by atoms with van der Waals surface area (Å²) in [7, 11) is 0. The van der Waals surface area contributed by atoms with E-state index in [0.717, 1.165) is 16.7 Å². The van der Waals surface area contributed by atoms with Gasteiger partial charge in [0.2, 0.25) is 11.8 Å². The van der Waals surface area contributed by atoms with Crippen LogP contribution in [0.1, 0.15) is 29.7 Å². The van der Waals surface area contributed by atoms with E-state index in [-0.39, 0.29) is 29.8 Å². The molecule has 0 aliphatic rings. The first kappa shape index (κ1) is 19.0. The first-order valence-corrected chi connectivity index (χ1v) is 8.83. The normalized spacial score (nSPS) is 11.6. The lowest BCUT2D eigenvalue weighted by atomic mass is 9.97. The Morgan fingerprint density at radius 1 is 1.11 bits per heavy atom. The van der Waals surface area contributed by atoms with Crippen LogP contribution in [0.5, 0.6) is 5.88 Å². The van der Waals surface area contributed by atoms with Crippen molar-refractivity contribution in [2.24, 2.45) is 0 Å². The van der Waals surface area contributed by atoms with Crippen LogP contribution in [0.15, 0.2) is 53.3 Å². The van der Waals surface area contributed by atoms with E-state index in [9.17, 15) is 14.7 Å². The summed E-state index contributed by atoms with van der Waals surface area (Å²) in [4.78, 5) is 27.7. The fourth-order valence-electron chi connectivity index (χ4n) is 2.89. The van der Waals surface area contributed by atoms with Gasteiger partial charge in [-0.3, -0.25) is 9.78 Å². The molecular weight excluding hydrogens is 356 g/mol. The number of rotatable bonds is 6. The minimum Gasteiger partial charge on any atom is -0.493 e. The van der Waals surface area contributed by atoms with Crippen LogP contribution in [-0.4, -0.2) is 27.5 Å². The van der Waals surface area contributed by atoms with Crippen LogP contribution in [0.2, 0.25) is 0 Å². The van der Waals surface area contributed by atoms with E-state index < -0.39 is 5.69 Å². The number of amides is 1. The molecule has 0 spiro atoms. The maximum absolute atomic E-state index is 12.0. The molecule has 1 amide bonds. The van der Waals surface area contributed by atoms with Gasteiger partial charge in [0.15, 0.2) is 0 Å². The Labute approximate surface area is 161 Å². The number of H-pyrrole nitrogens is 2. The lowest BCUT2D eigenvalue weighted by Gasteiger charge is -2.14. The van der Waals surface area contributed by atoms with Crippen LogP contribution in [0.4, 0.5) is 0 Å². The quantitative estimate of drug-likeness (QED) is 0.528. The molecule has 0 bridgehead atoms. The van der Waals surface area contributed by atoms with Gasteiger partial charge in [-0.05, 0) is 34.7 Å². The number of hydrogen-bond acceptors (Lipinski definition) is 4. The third kappa shape index (κ3) is 4.48. The molecule has 1 atom stereocenters. The van der Waals surface area contributed by atoms with Gasteiger partial charge in [-0.1, -0.05) is 43.3 Å². The molecule has 0 saturated carbocycles. The largest absolute Gasteiger partial charge is 0.493 e. The molecule has 142 valence electrons. The first-order valence-electron chi connectivity index (χ1n) is 8.83. The van der Waals surface area contributed by atoms with Crippen molar-refractivity contribution in [1.82, 2.24) is 15.3 Å². The molecule has 2 aromatic carbocycles. The second-order valence-corrected chi connectivity index (χ2v) is 6.60. The minimum atomic E-state index is -0.545. The summed E-state index contributed by atoms with van der Waals surface area (Å²) < 4.78 is 0. The van der Waals surface area contributed by atoms with E-state index in [1.165, 1.54) is 0 Å². The lowest BCUT2D eigenvalue weighted by Crippen LogP contribution is -2.29. The highest BCUT2D eigenvalue weighted by Gasteiger charge is 2.13. The van der Waals surface area contributed by atoms with Gasteiger partial charge >= 0.3 is 5.69 Å². The van der Waals surface area contributed by atoms with Gasteiger partial charge in [-0.15, -0.1) is 0 Å². The lowest BCUT2D eigenvalue weighted by molar-refractivity contribution is -0.120. The minimum absolute atomic E-state index is 0.0952. The predicted molar refractivity (Wildman–Crippen MR) is 105 cm³/mol. The molecule has 7 heteroatoms. The monoisotopic (exact) mass is 376 g/mol. The summed E-state index contributed by atoms with van der Waals surface area (Å²) >= 11 is 0. The number of nitriles is 1. The number of benzene rings is 2. The van der Waals surface area contributed by atoms with Gasteiger partial charge in [0.25, 0.3) is 0 Å². The number of nitrogens with one attached hydrogen (secondary N) is 3. The highest BCUT2D eigenvalue weighted by atomic mass is 16.3. The van der Waals surface area contributed by atoms with Gasteiger partial charge < -0.3 is 15.4 Å². The first-order chi connectivity index (χ1) is 13.5. The molecule has 0 radical (unpaired) electrons. The molecule has 0 fully saturated rings. The third-order valence-corrected chi connectivity index (χ3v) is 4.55. The molecule has 3 aromatic rings. The molecule has 0 aliphatic carbocycles. The number of aromatic hydroxyl groups is 1. The number of nitrogens with zero attached hydrogens (tertiary/aromatic N) is 1. The van der Waals surface area contributed by atoms with Crippen molar-refractivity contribution in [2.45, 2.75) is 19.3 Å². The smallest absolute Gasteiger partial charge is 0.325 e. The molecule has 28 heavy (non-hydrogen) atoms. The van der Waals surface area contributed by atoms with E-state index >= 15 is 0 Å². The molecule has 0 saturated heterocycles. The summed E-state index contributed by atoms with van der Waals surface area (Å²) in [5, 5.41) is 21.2. The summed E-state index contributed by atoms with van der Waals surface area (Å²) in [6.07, 6.45) is -0.102. The fourth-order valence-corrected chi connectivity index (χ4v) is 2.89. The van der Waals surface area contributed by atoms with E-state index in [1.807, 2.05) is 43.3 Å². The van der Waals surface area contributed by atoms with Crippen molar-refractivity contribution in [3.63, 3.8) is 0 Å². The second kappa shape index (κ2) is 8.27. The van der Waals surface area contributed by atoms with Crippen molar-refractivity contribution in [2.75, 3.05) is 6.54 Å². The van der Waals surface area contributed by atoms with Gasteiger partial charge in [0, 0.05) is 6.54 Å². The van der Waals surface area contributed by atoms with Gasteiger partial charge in [0.05, 0.1) is 23.7 Å². The average Bonchev–Trinajstić information content (AvgIpc) is 3.03. The van der Waals surface area contributed by atoms with Crippen molar-refractivity contribution in [3.05, 3.63) is 75.8 Å². The zero-order valence-electron chi connectivity index (χ0n) is 15.3. The summed E-state index contributed by atoms with van der Waals surface area (Å²) in [5.74, 6) is -0.504. The molecule has 4 N–H and O–H groups in total. The third-order valence-electron chi connectivity index (χ3n) is 4.55. The van der Waals surface area contributed by atoms with Crippen LogP contribution in [-0.2, 0) is 11.2 Å². The number of aromatic amines is 2. The number of carbonyl (C=O) groups is 1. The SMILES string of the molecule is CC(CNC(=O)Cc1[nH]c(=O)[nH]c1O)c1ccc(-c2ccc(C#N)cc2)cc1. The Bertz CT molecular complexity index is 1060. The molecule has 0 aliphatic heterocycles. The number of imidazole rings is 1. The van der Waals surface area contributed by atoms with Crippen molar-refractivity contribution >= 4 is 5.91 Å². The zero-order valence-corrected chi connectivity index (χ0v) is 15.3. The molecule has 1 aromatic heterocycles. The Hall–Kier alpha value is -3.79. The molecule has 7 nitrogen and oxygen atoms in total. The highest BCUT2D eigenvalue weighted by Crippen LogP contribution is 2.23. The standard InChI is InChI=1S/C21H20N4O3/c1-13(12-23-19(26)10-18-20(27)25-21(28)24-18)15-6-8-17(9-7-15)16-4-2-14(11-22)3-5-16/h2-9,13,27H,10,12H2,1H3,(H,23,26)(H2,24,25,28). The molecular formula is C21H20N4O3. The van der Waals surface area contributed by atoms with Gasteiger partial charge in [0.1, 0.15) is 0 Å². The van der Waals surface area contributed by atoms with Crippen molar-refractivity contribution < 1.29 is 9.90 Å². The van der Waals surface area contributed by atoms with Crippen LogP contribution < -0.4 is 11.0 Å². The number of hydrogen-bond donors (Lipinski definition) is 4.